The van der Waals surface area contributed by atoms with E-state index in [4.69, 9.17) is 0 Å². The summed E-state index contributed by atoms with van der Waals surface area (Å²) in [5, 5.41) is 5.75. The van der Waals surface area contributed by atoms with Crippen LogP contribution in [0.3, 0.4) is 0 Å². The molecule has 1 aromatic carbocycles. The molecule has 0 aliphatic heterocycles. The van der Waals surface area contributed by atoms with Gasteiger partial charge in [-0.05, 0) is 44.0 Å². The molecule has 122 valence electrons. The van der Waals surface area contributed by atoms with Crippen LogP contribution >= 0.6 is 0 Å². The van der Waals surface area contributed by atoms with E-state index in [-0.39, 0.29) is 18.7 Å². The molecular weight excluding hydrogens is 293 g/mol. The van der Waals surface area contributed by atoms with Crippen molar-refractivity contribution in [2.75, 3.05) is 12.4 Å². The van der Waals surface area contributed by atoms with E-state index >= 15 is 0 Å². The summed E-state index contributed by atoms with van der Waals surface area (Å²) in [5.41, 5.74) is 1.70. The maximum absolute atomic E-state index is 12.8. The maximum atomic E-state index is 12.8. The van der Waals surface area contributed by atoms with Gasteiger partial charge >= 0.3 is 6.18 Å². The summed E-state index contributed by atoms with van der Waals surface area (Å²) in [5.74, 6) is -2.22. The Morgan fingerprint density at radius 2 is 1.91 bits per heavy atom. The Morgan fingerprint density at radius 3 is 2.50 bits per heavy atom. The van der Waals surface area contributed by atoms with Crippen molar-refractivity contribution < 1.29 is 18.0 Å². The second-order valence-electron chi connectivity index (χ2n) is 5.82. The Kier molecular flexibility index (Phi) is 5.45. The molecule has 1 aromatic rings. The van der Waals surface area contributed by atoms with Gasteiger partial charge in [-0.2, -0.15) is 13.2 Å². The Bertz CT molecular complexity index is 499. The van der Waals surface area contributed by atoms with Crippen LogP contribution in [0.15, 0.2) is 24.3 Å². The van der Waals surface area contributed by atoms with Crippen LogP contribution in [-0.2, 0) is 11.3 Å². The van der Waals surface area contributed by atoms with E-state index in [9.17, 15) is 18.0 Å². The van der Waals surface area contributed by atoms with Gasteiger partial charge in [-0.3, -0.25) is 4.79 Å². The predicted molar refractivity (Wildman–Crippen MR) is 79.3 cm³/mol. The number of benzene rings is 1. The summed E-state index contributed by atoms with van der Waals surface area (Å²) in [6, 6.07) is 7.31. The highest BCUT2D eigenvalue weighted by Crippen LogP contribution is 2.40. The van der Waals surface area contributed by atoms with Crippen molar-refractivity contribution >= 4 is 11.6 Å². The largest absolute Gasteiger partial charge is 0.391 e. The number of alkyl halides is 3. The molecule has 2 N–H and O–H groups in total. The molecule has 2 unspecified atom stereocenters. The third-order valence-electron chi connectivity index (χ3n) is 4.11. The van der Waals surface area contributed by atoms with E-state index in [1.165, 1.54) is 0 Å². The number of nitrogens with one attached hydrogen (secondary N) is 2. The number of amides is 1. The Morgan fingerprint density at radius 1 is 1.23 bits per heavy atom. The average Bonchev–Trinajstić information content (AvgIpc) is 2.49. The summed E-state index contributed by atoms with van der Waals surface area (Å²) in [6.07, 6.45) is -3.20. The molecule has 0 bridgehead atoms. The second kappa shape index (κ2) is 7.13. The molecular formula is C16H21F3N2O. The standard InChI is InChI=1S/C16H21F3N2O/c1-20-10-11-5-7-14(8-6-11)21-15(22)12-3-2-4-13(9-12)16(17,18)19/h5-8,12-13,20H,2-4,9-10H2,1H3,(H,21,22). The van der Waals surface area contributed by atoms with Crippen LogP contribution in [0.5, 0.6) is 0 Å². The van der Waals surface area contributed by atoms with Crippen molar-refractivity contribution in [3.8, 4) is 0 Å². The third kappa shape index (κ3) is 4.47. The lowest BCUT2D eigenvalue weighted by Crippen LogP contribution is -2.34. The maximum Gasteiger partial charge on any atom is 0.391 e. The lowest BCUT2D eigenvalue weighted by Gasteiger charge is -2.29. The highest BCUT2D eigenvalue weighted by atomic mass is 19.4. The number of hydrogen-bond acceptors (Lipinski definition) is 2. The summed E-state index contributed by atoms with van der Waals surface area (Å²) in [7, 11) is 1.84. The van der Waals surface area contributed by atoms with E-state index in [1.54, 1.807) is 12.1 Å². The van der Waals surface area contributed by atoms with E-state index in [1.807, 2.05) is 19.2 Å². The van der Waals surface area contributed by atoms with E-state index < -0.39 is 18.0 Å². The molecule has 0 saturated heterocycles. The second-order valence-corrected chi connectivity index (χ2v) is 5.82. The zero-order chi connectivity index (χ0) is 16.2. The lowest BCUT2D eigenvalue weighted by molar-refractivity contribution is -0.185. The molecule has 0 spiro atoms. The van der Waals surface area contributed by atoms with Crippen molar-refractivity contribution in [1.82, 2.24) is 5.32 Å². The van der Waals surface area contributed by atoms with Crippen molar-refractivity contribution in [3.63, 3.8) is 0 Å². The van der Waals surface area contributed by atoms with Crippen LogP contribution < -0.4 is 10.6 Å². The molecule has 3 nitrogen and oxygen atoms in total. The minimum absolute atomic E-state index is 0.104. The Hall–Kier alpha value is -1.56. The molecule has 6 heteroatoms. The van der Waals surface area contributed by atoms with Crippen molar-refractivity contribution in [3.05, 3.63) is 29.8 Å². The van der Waals surface area contributed by atoms with Gasteiger partial charge in [-0.1, -0.05) is 18.6 Å². The SMILES string of the molecule is CNCc1ccc(NC(=O)C2CCCC(C(F)(F)F)C2)cc1. The third-order valence-corrected chi connectivity index (χ3v) is 4.11. The Balaban J connectivity index is 1.93. The normalized spacial score (nSPS) is 22.4. The summed E-state index contributed by atoms with van der Waals surface area (Å²) < 4.78 is 38.4. The summed E-state index contributed by atoms with van der Waals surface area (Å²) in [4.78, 5) is 12.2. The molecule has 2 rings (SSSR count). The zero-order valence-corrected chi connectivity index (χ0v) is 12.5. The Labute approximate surface area is 128 Å². The molecule has 1 fully saturated rings. The van der Waals surface area contributed by atoms with Crippen LogP contribution in [0.25, 0.3) is 0 Å². The van der Waals surface area contributed by atoms with Gasteiger partial charge in [-0.25, -0.2) is 0 Å². The van der Waals surface area contributed by atoms with Crippen LogP contribution in [0.1, 0.15) is 31.2 Å². The van der Waals surface area contributed by atoms with E-state index in [0.717, 1.165) is 12.1 Å². The quantitative estimate of drug-likeness (QED) is 0.889. The zero-order valence-electron chi connectivity index (χ0n) is 12.5. The van der Waals surface area contributed by atoms with Gasteiger partial charge < -0.3 is 10.6 Å². The monoisotopic (exact) mass is 314 g/mol. The van der Waals surface area contributed by atoms with Gasteiger partial charge in [0.15, 0.2) is 0 Å². The molecule has 22 heavy (non-hydrogen) atoms. The molecule has 0 aromatic heterocycles. The predicted octanol–water partition coefficient (Wildman–Crippen LogP) is 3.71. The van der Waals surface area contributed by atoms with Crippen molar-refractivity contribution in [2.45, 2.75) is 38.4 Å². The first-order valence-corrected chi connectivity index (χ1v) is 7.51. The molecule has 0 radical (unpaired) electrons. The number of halogens is 3. The molecule has 1 aliphatic rings. The van der Waals surface area contributed by atoms with Crippen LogP contribution in [0.4, 0.5) is 18.9 Å². The highest BCUT2D eigenvalue weighted by molar-refractivity contribution is 5.92. The topological polar surface area (TPSA) is 41.1 Å². The first-order valence-electron chi connectivity index (χ1n) is 7.51. The van der Waals surface area contributed by atoms with Crippen LogP contribution in [0.2, 0.25) is 0 Å². The van der Waals surface area contributed by atoms with Gasteiger partial charge in [-0.15, -0.1) is 0 Å². The fraction of sp³-hybridized carbons (Fsp3) is 0.562. The fourth-order valence-electron chi connectivity index (χ4n) is 2.88. The number of carbonyl (C=O) groups excluding carboxylic acids is 1. The first kappa shape index (κ1) is 16.8. The van der Waals surface area contributed by atoms with Crippen LogP contribution in [-0.4, -0.2) is 19.1 Å². The van der Waals surface area contributed by atoms with Gasteiger partial charge in [0.2, 0.25) is 5.91 Å². The number of anilines is 1. The fourth-order valence-corrected chi connectivity index (χ4v) is 2.88. The minimum Gasteiger partial charge on any atom is -0.326 e. The molecule has 1 aliphatic carbocycles. The number of hydrogen-bond donors (Lipinski definition) is 2. The van der Waals surface area contributed by atoms with Crippen LogP contribution in [0, 0.1) is 11.8 Å². The van der Waals surface area contributed by atoms with E-state index in [0.29, 0.717) is 18.5 Å². The van der Waals surface area contributed by atoms with E-state index in [2.05, 4.69) is 10.6 Å². The molecule has 1 amide bonds. The minimum atomic E-state index is -4.20. The van der Waals surface area contributed by atoms with Gasteiger partial charge in [0.25, 0.3) is 0 Å². The number of carbonyl (C=O) groups is 1. The van der Waals surface area contributed by atoms with Crippen molar-refractivity contribution in [2.24, 2.45) is 11.8 Å². The highest BCUT2D eigenvalue weighted by Gasteiger charge is 2.43. The van der Waals surface area contributed by atoms with Gasteiger partial charge in [0.05, 0.1) is 5.92 Å². The molecule has 0 heterocycles. The molecule has 2 atom stereocenters. The first-order chi connectivity index (χ1) is 10.4. The van der Waals surface area contributed by atoms with Gasteiger partial charge in [0.1, 0.15) is 0 Å². The summed E-state index contributed by atoms with van der Waals surface area (Å²) >= 11 is 0. The number of rotatable bonds is 4. The lowest BCUT2D eigenvalue weighted by atomic mass is 9.80. The average molecular weight is 314 g/mol. The van der Waals surface area contributed by atoms with Crippen molar-refractivity contribution in [1.29, 1.82) is 0 Å². The molecule has 1 saturated carbocycles. The summed E-state index contributed by atoms with van der Waals surface area (Å²) in [6.45, 7) is 0.726. The van der Waals surface area contributed by atoms with Gasteiger partial charge in [0, 0.05) is 18.2 Å². The smallest absolute Gasteiger partial charge is 0.326 e.